The van der Waals surface area contributed by atoms with E-state index in [0.717, 1.165) is 0 Å². The van der Waals surface area contributed by atoms with Crippen LogP contribution in [0.25, 0.3) is 0 Å². The van der Waals surface area contributed by atoms with Crippen LogP contribution in [0.4, 0.5) is 22.0 Å². The summed E-state index contributed by atoms with van der Waals surface area (Å²) in [6, 6.07) is 2.85. The molecule has 22 heavy (non-hydrogen) atoms. The molecule has 0 fully saturated rings. The van der Waals surface area contributed by atoms with Crippen LogP contribution < -0.4 is 5.43 Å². The summed E-state index contributed by atoms with van der Waals surface area (Å²) in [6.45, 7) is 0. The molecule has 0 aliphatic carbocycles. The van der Waals surface area contributed by atoms with Gasteiger partial charge in [-0.25, -0.2) is 27.4 Å². The van der Waals surface area contributed by atoms with Gasteiger partial charge in [0, 0.05) is 12.4 Å². The van der Waals surface area contributed by atoms with Gasteiger partial charge in [0.05, 0.1) is 17.3 Å². The third kappa shape index (κ3) is 2.92. The Balaban J connectivity index is 2.23. The number of aromatic nitrogens is 1. The van der Waals surface area contributed by atoms with Crippen LogP contribution in [0, 0.1) is 29.1 Å². The van der Waals surface area contributed by atoms with Gasteiger partial charge in [0.2, 0.25) is 5.82 Å². The molecule has 0 radical (unpaired) electrons. The zero-order chi connectivity index (χ0) is 16.3. The van der Waals surface area contributed by atoms with Crippen molar-refractivity contribution < 1.29 is 26.7 Å². The highest BCUT2D eigenvalue weighted by Crippen LogP contribution is 2.21. The normalized spacial score (nSPS) is 11.0. The van der Waals surface area contributed by atoms with Gasteiger partial charge in [0.25, 0.3) is 5.91 Å². The van der Waals surface area contributed by atoms with E-state index in [1.165, 1.54) is 24.5 Å². The Morgan fingerprint density at radius 2 is 1.64 bits per heavy atom. The Labute approximate surface area is 120 Å². The maximum absolute atomic E-state index is 13.3. The van der Waals surface area contributed by atoms with E-state index >= 15 is 0 Å². The highest BCUT2D eigenvalue weighted by molar-refractivity contribution is 5.94. The van der Waals surface area contributed by atoms with Crippen molar-refractivity contribution in [2.24, 2.45) is 5.10 Å². The largest absolute Gasteiger partial charge is 0.272 e. The Hall–Kier alpha value is -2.84. The highest BCUT2D eigenvalue weighted by Gasteiger charge is 2.24. The number of halogens is 5. The summed E-state index contributed by atoms with van der Waals surface area (Å²) >= 11 is 0. The molecule has 2 aromatic rings. The van der Waals surface area contributed by atoms with Crippen molar-refractivity contribution >= 4 is 12.1 Å². The van der Waals surface area contributed by atoms with E-state index in [9.17, 15) is 26.7 Å². The maximum atomic E-state index is 13.3. The number of hydrazone groups is 1. The van der Waals surface area contributed by atoms with Crippen LogP contribution in [0.3, 0.4) is 0 Å². The Bertz CT molecular complexity index is 720. The predicted molar refractivity (Wildman–Crippen MR) is 65.5 cm³/mol. The smallest absolute Gasteiger partial charge is 0.267 e. The first-order chi connectivity index (χ1) is 10.4. The molecule has 9 heteroatoms. The fourth-order valence-electron chi connectivity index (χ4n) is 1.45. The number of pyridine rings is 1. The van der Waals surface area contributed by atoms with Crippen molar-refractivity contribution in [1.82, 2.24) is 10.4 Å². The molecule has 1 N–H and O–H groups in total. The lowest BCUT2D eigenvalue weighted by molar-refractivity contribution is 0.0954. The van der Waals surface area contributed by atoms with E-state index in [0.29, 0.717) is 6.21 Å². The summed E-state index contributed by atoms with van der Waals surface area (Å²) in [5, 5.41) is 3.16. The SMILES string of the molecule is O=C(N/N=C/c1c(F)c(F)c(F)c(F)c1F)c1cccnc1. The molecule has 2 rings (SSSR count). The zero-order valence-corrected chi connectivity index (χ0v) is 10.6. The lowest BCUT2D eigenvalue weighted by Crippen LogP contribution is -2.18. The lowest BCUT2D eigenvalue weighted by Gasteiger charge is -2.04. The van der Waals surface area contributed by atoms with Gasteiger partial charge < -0.3 is 0 Å². The fraction of sp³-hybridized carbons (Fsp3) is 0. The molecule has 1 aromatic carbocycles. The number of carbonyl (C=O) groups is 1. The molecule has 0 unspecified atom stereocenters. The maximum Gasteiger partial charge on any atom is 0.272 e. The van der Waals surface area contributed by atoms with Crippen molar-refractivity contribution in [3.8, 4) is 0 Å². The summed E-state index contributed by atoms with van der Waals surface area (Å²) < 4.78 is 65.3. The first-order valence-corrected chi connectivity index (χ1v) is 5.68. The Morgan fingerprint density at radius 3 is 2.18 bits per heavy atom. The lowest BCUT2D eigenvalue weighted by atomic mass is 10.2. The van der Waals surface area contributed by atoms with Gasteiger partial charge in [0.1, 0.15) is 0 Å². The van der Waals surface area contributed by atoms with Gasteiger partial charge in [-0.05, 0) is 12.1 Å². The van der Waals surface area contributed by atoms with Crippen molar-refractivity contribution in [1.29, 1.82) is 0 Å². The van der Waals surface area contributed by atoms with Gasteiger partial charge in [-0.1, -0.05) is 0 Å². The van der Waals surface area contributed by atoms with Crippen molar-refractivity contribution in [2.45, 2.75) is 0 Å². The van der Waals surface area contributed by atoms with Crippen molar-refractivity contribution in [3.05, 3.63) is 64.7 Å². The van der Waals surface area contributed by atoms with E-state index < -0.39 is 40.6 Å². The number of carbonyl (C=O) groups excluding carboxylic acids is 1. The molecule has 0 spiro atoms. The van der Waals surface area contributed by atoms with Crippen LogP contribution in [0.1, 0.15) is 15.9 Å². The monoisotopic (exact) mass is 315 g/mol. The molecule has 0 atom stereocenters. The Morgan fingerprint density at radius 1 is 1.05 bits per heavy atom. The number of benzene rings is 1. The molecule has 1 heterocycles. The molecular weight excluding hydrogens is 309 g/mol. The Kier molecular flexibility index (Phi) is 4.44. The minimum atomic E-state index is -2.27. The molecule has 0 saturated heterocycles. The zero-order valence-electron chi connectivity index (χ0n) is 10.6. The first-order valence-electron chi connectivity index (χ1n) is 5.68. The van der Waals surface area contributed by atoms with Gasteiger partial charge in [0.15, 0.2) is 23.3 Å². The number of hydrogen-bond donors (Lipinski definition) is 1. The van der Waals surface area contributed by atoms with Gasteiger partial charge in [-0.3, -0.25) is 9.78 Å². The van der Waals surface area contributed by atoms with E-state index in [4.69, 9.17) is 0 Å². The third-order valence-corrected chi connectivity index (χ3v) is 2.53. The molecule has 0 aliphatic heterocycles. The molecule has 114 valence electrons. The minimum absolute atomic E-state index is 0.0945. The third-order valence-electron chi connectivity index (χ3n) is 2.53. The summed E-state index contributed by atoms with van der Waals surface area (Å²) in [5.41, 5.74) is 0.707. The first kappa shape index (κ1) is 15.5. The predicted octanol–water partition coefficient (Wildman–Crippen LogP) is 2.54. The van der Waals surface area contributed by atoms with E-state index in [2.05, 4.69) is 10.1 Å². The van der Waals surface area contributed by atoms with Crippen molar-refractivity contribution in [3.63, 3.8) is 0 Å². The standard InChI is InChI=1S/C13H6F5N3O/c14-8-7(9(15)11(17)12(18)10(8)16)5-20-21-13(22)6-2-1-3-19-4-6/h1-5H,(H,21,22)/b20-5+. The molecule has 1 amide bonds. The molecule has 0 aliphatic rings. The second-order valence-corrected chi connectivity index (χ2v) is 3.92. The van der Waals surface area contributed by atoms with Gasteiger partial charge in [-0.2, -0.15) is 5.10 Å². The molecule has 0 bridgehead atoms. The van der Waals surface area contributed by atoms with Crippen LogP contribution in [-0.4, -0.2) is 17.1 Å². The highest BCUT2D eigenvalue weighted by atomic mass is 19.2. The van der Waals surface area contributed by atoms with Crippen LogP contribution in [-0.2, 0) is 0 Å². The second kappa shape index (κ2) is 6.29. The summed E-state index contributed by atoms with van der Waals surface area (Å²) in [4.78, 5) is 15.2. The average Bonchev–Trinajstić information content (AvgIpc) is 2.55. The van der Waals surface area contributed by atoms with Crippen LogP contribution in [0.15, 0.2) is 29.6 Å². The topological polar surface area (TPSA) is 54.4 Å². The number of nitrogens with one attached hydrogen (secondary N) is 1. The van der Waals surface area contributed by atoms with Crippen LogP contribution in [0.5, 0.6) is 0 Å². The number of rotatable bonds is 3. The molecular formula is C13H6F5N3O. The van der Waals surface area contributed by atoms with Crippen molar-refractivity contribution in [2.75, 3.05) is 0 Å². The minimum Gasteiger partial charge on any atom is -0.267 e. The second-order valence-electron chi connectivity index (χ2n) is 3.92. The number of hydrogen-bond acceptors (Lipinski definition) is 3. The molecule has 4 nitrogen and oxygen atoms in total. The molecule has 1 aromatic heterocycles. The van der Waals surface area contributed by atoms with Crippen LogP contribution >= 0.6 is 0 Å². The summed E-state index contributed by atoms with van der Waals surface area (Å²) in [7, 11) is 0. The quantitative estimate of drug-likeness (QED) is 0.311. The van der Waals surface area contributed by atoms with E-state index in [-0.39, 0.29) is 5.56 Å². The van der Waals surface area contributed by atoms with Gasteiger partial charge >= 0.3 is 0 Å². The van der Waals surface area contributed by atoms with Gasteiger partial charge in [-0.15, -0.1) is 0 Å². The van der Waals surface area contributed by atoms with E-state index in [1.807, 2.05) is 5.43 Å². The van der Waals surface area contributed by atoms with E-state index in [1.54, 1.807) is 0 Å². The summed E-state index contributed by atoms with van der Waals surface area (Å²) in [6.07, 6.45) is 2.93. The molecule has 0 saturated carbocycles. The fourth-order valence-corrected chi connectivity index (χ4v) is 1.45. The number of nitrogens with zero attached hydrogens (tertiary/aromatic N) is 2. The van der Waals surface area contributed by atoms with Crippen LogP contribution in [0.2, 0.25) is 0 Å². The summed E-state index contributed by atoms with van der Waals surface area (Å²) in [5.74, 6) is -11.3. The number of amides is 1. The average molecular weight is 315 g/mol.